The fourth-order valence-electron chi connectivity index (χ4n) is 4.34. The minimum absolute atomic E-state index is 0.780. The fourth-order valence-corrected chi connectivity index (χ4v) is 4.34. The van der Waals surface area contributed by atoms with Crippen LogP contribution in [0.15, 0.2) is 0 Å². The van der Waals surface area contributed by atoms with Gasteiger partial charge in [0.1, 0.15) is 0 Å². The van der Waals surface area contributed by atoms with Gasteiger partial charge in [-0.25, -0.2) is 0 Å². The molecule has 0 spiro atoms. The van der Waals surface area contributed by atoms with Gasteiger partial charge in [-0.3, -0.25) is 4.90 Å². The summed E-state index contributed by atoms with van der Waals surface area (Å²) in [6.45, 7) is 11.4. The summed E-state index contributed by atoms with van der Waals surface area (Å²) in [5.74, 6) is 0.887. The van der Waals surface area contributed by atoms with Crippen LogP contribution < -0.4 is 5.32 Å². The first-order valence-corrected chi connectivity index (χ1v) is 8.64. The van der Waals surface area contributed by atoms with Crippen molar-refractivity contribution in [3.8, 4) is 0 Å². The van der Waals surface area contributed by atoms with Crippen molar-refractivity contribution < 1.29 is 4.74 Å². The Morgan fingerprint density at radius 2 is 1.95 bits per heavy atom. The quantitative estimate of drug-likeness (QED) is 0.819. The molecule has 0 aromatic carbocycles. The maximum absolute atomic E-state index is 5.47. The SMILES string of the molecule is CCNC1CCCC1CN1CCC(N2CCOCC2)C1. The molecule has 2 heterocycles. The van der Waals surface area contributed by atoms with Crippen LogP contribution in [0.3, 0.4) is 0 Å². The second kappa shape index (κ2) is 7.21. The van der Waals surface area contributed by atoms with E-state index in [0.717, 1.165) is 50.8 Å². The van der Waals surface area contributed by atoms with Crippen LogP contribution in [-0.2, 0) is 4.74 Å². The van der Waals surface area contributed by atoms with Gasteiger partial charge in [0.25, 0.3) is 0 Å². The Kier molecular flexibility index (Phi) is 5.32. The maximum atomic E-state index is 5.47. The second-order valence-electron chi connectivity index (χ2n) is 6.71. The van der Waals surface area contributed by atoms with Gasteiger partial charge < -0.3 is 15.0 Å². The smallest absolute Gasteiger partial charge is 0.0594 e. The van der Waals surface area contributed by atoms with Crippen LogP contribution in [0.25, 0.3) is 0 Å². The summed E-state index contributed by atoms with van der Waals surface area (Å²) >= 11 is 0. The van der Waals surface area contributed by atoms with E-state index >= 15 is 0 Å². The molecule has 116 valence electrons. The minimum atomic E-state index is 0.780. The Labute approximate surface area is 123 Å². The van der Waals surface area contributed by atoms with Crippen LogP contribution in [0.1, 0.15) is 32.6 Å². The van der Waals surface area contributed by atoms with Crippen molar-refractivity contribution in [2.75, 3.05) is 52.5 Å². The molecule has 4 nitrogen and oxygen atoms in total. The third-order valence-corrected chi connectivity index (χ3v) is 5.43. The van der Waals surface area contributed by atoms with Crippen LogP contribution in [0.4, 0.5) is 0 Å². The van der Waals surface area contributed by atoms with E-state index < -0.39 is 0 Å². The van der Waals surface area contributed by atoms with Crippen LogP contribution in [0.5, 0.6) is 0 Å². The largest absolute Gasteiger partial charge is 0.379 e. The number of hydrogen-bond donors (Lipinski definition) is 1. The maximum Gasteiger partial charge on any atom is 0.0594 e. The highest BCUT2D eigenvalue weighted by atomic mass is 16.5. The fraction of sp³-hybridized carbons (Fsp3) is 1.00. The van der Waals surface area contributed by atoms with Gasteiger partial charge in [-0.05, 0) is 38.3 Å². The van der Waals surface area contributed by atoms with Crippen molar-refractivity contribution in [1.29, 1.82) is 0 Å². The molecule has 3 aliphatic rings. The Balaban J connectivity index is 1.45. The number of nitrogens with zero attached hydrogens (tertiary/aromatic N) is 2. The third-order valence-electron chi connectivity index (χ3n) is 5.43. The van der Waals surface area contributed by atoms with Crippen LogP contribution >= 0.6 is 0 Å². The van der Waals surface area contributed by atoms with Crippen LogP contribution in [-0.4, -0.2) is 74.4 Å². The Morgan fingerprint density at radius 1 is 1.10 bits per heavy atom. The normalized spacial score (nSPS) is 36.8. The molecule has 0 bridgehead atoms. The van der Waals surface area contributed by atoms with E-state index in [1.807, 2.05) is 0 Å². The molecule has 3 atom stereocenters. The number of rotatable bonds is 5. The molecule has 20 heavy (non-hydrogen) atoms. The summed E-state index contributed by atoms with van der Waals surface area (Å²) in [6, 6.07) is 1.57. The van der Waals surface area contributed by atoms with Gasteiger partial charge in [0, 0.05) is 38.3 Å². The topological polar surface area (TPSA) is 27.7 Å². The van der Waals surface area contributed by atoms with Crippen molar-refractivity contribution in [3.63, 3.8) is 0 Å². The van der Waals surface area contributed by atoms with Crippen molar-refractivity contribution in [2.24, 2.45) is 5.92 Å². The van der Waals surface area contributed by atoms with Gasteiger partial charge >= 0.3 is 0 Å². The van der Waals surface area contributed by atoms with Gasteiger partial charge in [-0.1, -0.05) is 13.3 Å². The number of likely N-dealkylation sites (tertiary alicyclic amines) is 1. The molecule has 3 unspecified atom stereocenters. The molecular weight excluding hydrogens is 250 g/mol. The highest BCUT2D eigenvalue weighted by Crippen LogP contribution is 2.28. The molecule has 3 rings (SSSR count). The van der Waals surface area contributed by atoms with Crippen molar-refractivity contribution in [3.05, 3.63) is 0 Å². The number of hydrogen-bond acceptors (Lipinski definition) is 4. The molecule has 2 aliphatic heterocycles. The van der Waals surface area contributed by atoms with Gasteiger partial charge in [-0.2, -0.15) is 0 Å². The van der Waals surface area contributed by atoms with Crippen molar-refractivity contribution >= 4 is 0 Å². The zero-order chi connectivity index (χ0) is 13.8. The zero-order valence-electron chi connectivity index (χ0n) is 13.0. The van der Waals surface area contributed by atoms with E-state index in [1.54, 1.807) is 0 Å². The lowest BCUT2D eigenvalue weighted by Gasteiger charge is -2.32. The summed E-state index contributed by atoms with van der Waals surface area (Å²) in [6.07, 6.45) is 5.59. The average Bonchev–Trinajstić information content (AvgIpc) is 3.11. The number of morpholine rings is 1. The average molecular weight is 281 g/mol. The lowest BCUT2D eigenvalue weighted by Crippen LogP contribution is -2.45. The highest BCUT2D eigenvalue weighted by Gasteiger charge is 2.33. The third kappa shape index (κ3) is 3.53. The monoisotopic (exact) mass is 281 g/mol. The highest BCUT2D eigenvalue weighted by molar-refractivity contribution is 4.89. The van der Waals surface area contributed by atoms with Gasteiger partial charge in [0.05, 0.1) is 13.2 Å². The molecule has 3 fully saturated rings. The molecule has 0 radical (unpaired) electrons. The first-order chi connectivity index (χ1) is 9.86. The minimum Gasteiger partial charge on any atom is -0.379 e. The Bertz CT molecular complexity index is 293. The van der Waals surface area contributed by atoms with E-state index in [0.29, 0.717) is 0 Å². The molecule has 1 N–H and O–H groups in total. The predicted molar refractivity (Wildman–Crippen MR) is 82.0 cm³/mol. The van der Waals surface area contributed by atoms with E-state index in [1.165, 1.54) is 45.3 Å². The van der Waals surface area contributed by atoms with Gasteiger partial charge in [0.15, 0.2) is 0 Å². The lowest BCUT2D eigenvalue weighted by atomic mass is 10.0. The summed E-state index contributed by atoms with van der Waals surface area (Å²) in [5.41, 5.74) is 0. The van der Waals surface area contributed by atoms with E-state index in [4.69, 9.17) is 4.74 Å². The molecule has 0 aromatic heterocycles. The molecule has 0 amide bonds. The number of ether oxygens (including phenoxy) is 1. The van der Waals surface area contributed by atoms with E-state index in [2.05, 4.69) is 22.0 Å². The van der Waals surface area contributed by atoms with E-state index in [9.17, 15) is 0 Å². The summed E-state index contributed by atoms with van der Waals surface area (Å²) in [5, 5.41) is 3.69. The summed E-state index contributed by atoms with van der Waals surface area (Å²) in [7, 11) is 0. The molecule has 1 aliphatic carbocycles. The molecule has 4 heteroatoms. The molecule has 1 saturated carbocycles. The second-order valence-corrected chi connectivity index (χ2v) is 6.71. The predicted octanol–water partition coefficient (Wildman–Crippen LogP) is 1.17. The molecule has 2 saturated heterocycles. The van der Waals surface area contributed by atoms with Crippen molar-refractivity contribution in [2.45, 2.75) is 44.7 Å². The van der Waals surface area contributed by atoms with Gasteiger partial charge in [-0.15, -0.1) is 0 Å². The Hall–Kier alpha value is -0.160. The molecule has 0 aromatic rings. The standard InChI is InChI=1S/C16H31N3O/c1-2-17-16-5-3-4-14(16)12-18-7-6-15(13-18)19-8-10-20-11-9-19/h14-17H,2-13H2,1H3. The van der Waals surface area contributed by atoms with Crippen LogP contribution in [0, 0.1) is 5.92 Å². The van der Waals surface area contributed by atoms with E-state index in [-0.39, 0.29) is 0 Å². The van der Waals surface area contributed by atoms with Crippen molar-refractivity contribution in [1.82, 2.24) is 15.1 Å². The van der Waals surface area contributed by atoms with Crippen LogP contribution in [0.2, 0.25) is 0 Å². The first kappa shape index (κ1) is 14.8. The summed E-state index contributed by atoms with van der Waals surface area (Å²) < 4.78 is 5.47. The summed E-state index contributed by atoms with van der Waals surface area (Å²) in [4.78, 5) is 5.38. The molecular formula is C16H31N3O. The Morgan fingerprint density at radius 3 is 2.75 bits per heavy atom. The first-order valence-electron chi connectivity index (χ1n) is 8.64. The zero-order valence-corrected chi connectivity index (χ0v) is 13.0. The van der Waals surface area contributed by atoms with Gasteiger partial charge in [0.2, 0.25) is 0 Å². The number of nitrogens with one attached hydrogen (secondary N) is 1. The lowest BCUT2D eigenvalue weighted by molar-refractivity contribution is 0.0182.